The third kappa shape index (κ3) is 2.99. The van der Waals surface area contributed by atoms with Crippen LogP contribution in [-0.2, 0) is 6.54 Å². The number of methoxy groups -OCH3 is 1. The molecule has 6 heteroatoms. The number of aromatic nitrogens is 2. The van der Waals surface area contributed by atoms with Crippen molar-refractivity contribution >= 4 is 0 Å². The van der Waals surface area contributed by atoms with Crippen molar-refractivity contribution in [3.8, 4) is 11.4 Å². The van der Waals surface area contributed by atoms with Gasteiger partial charge in [0, 0.05) is 12.4 Å². The highest BCUT2D eigenvalue weighted by molar-refractivity contribution is 5.46. The van der Waals surface area contributed by atoms with Gasteiger partial charge in [0.1, 0.15) is 11.6 Å². The highest BCUT2D eigenvalue weighted by Gasteiger charge is 2.10. The number of hydrogen-bond donors (Lipinski definition) is 0. The molecule has 1 heterocycles. The van der Waals surface area contributed by atoms with E-state index in [9.17, 15) is 14.0 Å². The Hall–Kier alpha value is -3.15. The summed E-state index contributed by atoms with van der Waals surface area (Å²) in [6.07, 6.45) is 3.00. The van der Waals surface area contributed by atoms with Gasteiger partial charge in [-0.1, -0.05) is 24.3 Å². The van der Waals surface area contributed by atoms with E-state index in [1.54, 1.807) is 36.4 Å². The average molecular weight is 326 g/mol. The van der Waals surface area contributed by atoms with Crippen molar-refractivity contribution in [3.63, 3.8) is 0 Å². The minimum Gasteiger partial charge on any atom is -0.495 e. The minimum absolute atomic E-state index is 0.124. The van der Waals surface area contributed by atoms with Crippen LogP contribution in [0.3, 0.4) is 0 Å². The molecular weight excluding hydrogens is 311 g/mol. The quantitative estimate of drug-likeness (QED) is 0.691. The van der Waals surface area contributed by atoms with E-state index in [0.29, 0.717) is 17.0 Å². The molecule has 0 radical (unpaired) electrons. The molecule has 0 bridgehead atoms. The van der Waals surface area contributed by atoms with Gasteiger partial charge in [0.15, 0.2) is 0 Å². The van der Waals surface area contributed by atoms with Crippen molar-refractivity contribution in [3.05, 3.63) is 93.0 Å². The van der Waals surface area contributed by atoms with Crippen LogP contribution >= 0.6 is 0 Å². The Morgan fingerprint density at radius 3 is 2.54 bits per heavy atom. The second-order valence-corrected chi connectivity index (χ2v) is 5.21. The lowest BCUT2D eigenvalue weighted by atomic mass is 10.2. The van der Waals surface area contributed by atoms with E-state index in [0.717, 1.165) is 0 Å². The van der Waals surface area contributed by atoms with Crippen molar-refractivity contribution in [2.24, 2.45) is 0 Å². The predicted molar refractivity (Wildman–Crippen MR) is 88.4 cm³/mol. The van der Waals surface area contributed by atoms with Crippen LogP contribution in [0.4, 0.5) is 4.39 Å². The summed E-state index contributed by atoms with van der Waals surface area (Å²) in [5.41, 5.74) is -0.294. The standard InChI is InChI=1S/C18H15FN2O3/c1-24-16-8-3-2-7-15(16)21-10-9-20(17(22)18(21)23)12-13-5-4-6-14(19)11-13/h2-11H,12H2,1H3. The Labute approximate surface area is 137 Å². The summed E-state index contributed by atoms with van der Waals surface area (Å²) in [4.78, 5) is 24.8. The molecule has 0 saturated carbocycles. The topological polar surface area (TPSA) is 53.2 Å². The zero-order valence-corrected chi connectivity index (χ0v) is 13.0. The Balaban J connectivity index is 2.04. The fourth-order valence-electron chi connectivity index (χ4n) is 2.48. The number of nitrogens with zero attached hydrogens (tertiary/aromatic N) is 2. The van der Waals surface area contributed by atoms with Crippen LogP contribution in [0.5, 0.6) is 5.75 Å². The number of hydrogen-bond acceptors (Lipinski definition) is 3. The summed E-state index contributed by atoms with van der Waals surface area (Å²) in [6, 6.07) is 12.8. The largest absolute Gasteiger partial charge is 0.495 e. The van der Waals surface area contributed by atoms with Crippen molar-refractivity contribution < 1.29 is 9.13 Å². The molecule has 24 heavy (non-hydrogen) atoms. The van der Waals surface area contributed by atoms with Crippen LogP contribution < -0.4 is 15.9 Å². The molecule has 0 aliphatic heterocycles. The zero-order chi connectivity index (χ0) is 17.1. The highest BCUT2D eigenvalue weighted by Crippen LogP contribution is 2.19. The van der Waals surface area contributed by atoms with Gasteiger partial charge in [-0.15, -0.1) is 0 Å². The second-order valence-electron chi connectivity index (χ2n) is 5.21. The van der Waals surface area contributed by atoms with Crippen LogP contribution in [0.25, 0.3) is 5.69 Å². The first kappa shape index (κ1) is 15.7. The number of rotatable bonds is 4. The second kappa shape index (κ2) is 6.54. The number of ether oxygens (including phenoxy) is 1. The van der Waals surface area contributed by atoms with Crippen LogP contribution in [0.15, 0.2) is 70.5 Å². The van der Waals surface area contributed by atoms with Crippen molar-refractivity contribution in [1.82, 2.24) is 9.13 Å². The molecule has 0 spiro atoms. The van der Waals surface area contributed by atoms with E-state index < -0.39 is 11.1 Å². The number of benzene rings is 2. The van der Waals surface area contributed by atoms with Gasteiger partial charge in [-0.25, -0.2) is 4.39 Å². The summed E-state index contributed by atoms with van der Waals surface area (Å²) < 4.78 is 21.0. The Morgan fingerprint density at radius 2 is 1.79 bits per heavy atom. The van der Waals surface area contributed by atoms with Crippen molar-refractivity contribution in [1.29, 1.82) is 0 Å². The monoisotopic (exact) mass is 326 g/mol. The smallest absolute Gasteiger partial charge is 0.321 e. The van der Waals surface area contributed by atoms with Gasteiger partial charge in [-0.2, -0.15) is 0 Å². The maximum absolute atomic E-state index is 13.3. The summed E-state index contributed by atoms with van der Waals surface area (Å²) in [6.45, 7) is 0.124. The highest BCUT2D eigenvalue weighted by atomic mass is 19.1. The molecule has 3 rings (SSSR count). The predicted octanol–water partition coefficient (Wildman–Crippen LogP) is 2.20. The fraction of sp³-hybridized carbons (Fsp3) is 0.111. The van der Waals surface area contributed by atoms with Gasteiger partial charge in [-0.05, 0) is 29.8 Å². The Bertz CT molecular complexity index is 992. The van der Waals surface area contributed by atoms with E-state index in [4.69, 9.17) is 4.74 Å². The summed E-state index contributed by atoms with van der Waals surface area (Å²) in [7, 11) is 1.50. The molecule has 0 unspecified atom stereocenters. The zero-order valence-electron chi connectivity index (χ0n) is 13.0. The van der Waals surface area contributed by atoms with Crippen LogP contribution in [-0.4, -0.2) is 16.2 Å². The lowest BCUT2D eigenvalue weighted by molar-refractivity contribution is 0.412. The molecule has 122 valence electrons. The third-order valence-corrected chi connectivity index (χ3v) is 3.64. The van der Waals surface area contributed by atoms with E-state index >= 15 is 0 Å². The van der Waals surface area contributed by atoms with E-state index in [1.807, 2.05) is 0 Å². The maximum atomic E-state index is 13.3. The first-order chi connectivity index (χ1) is 11.6. The fourth-order valence-corrected chi connectivity index (χ4v) is 2.48. The van der Waals surface area contributed by atoms with Gasteiger partial charge in [0.2, 0.25) is 0 Å². The molecular formula is C18H15FN2O3. The summed E-state index contributed by atoms with van der Waals surface area (Å²) >= 11 is 0. The molecule has 0 N–H and O–H groups in total. The summed E-state index contributed by atoms with van der Waals surface area (Å²) in [5.74, 6) is 0.102. The molecule has 5 nitrogen and oxygen atoms in total. The molecule has 3 aromatic rings. The van der Waals surface area contributed by atoms with E-state index in [-0.39, 0.29) is 12.4 Å². The Morgan fingerprint density at radius 1 is 1.00 bits per heavy atom. The lowest BCUT2D eigenvalue weighted by Crippen LogP contribution is -2.40. The molecule has 0 aliphatic rings. The average Bonchev–Trinajstić information content (AvgIpc) is 2.59. The van der Waals surface area contributed by atoms with Crippen molar-refractivity contribution in [2.45, 2.75) is 6.54 Å². The number of para-hydroxylation sites is 2. The van der Waals surface area contributed by atoms with Gasteiger partial charge < -0.3 is 9.30 Å². The number of halogens is 1. The minimum atomic E-state index is -0.696. The molecule has 1 aromatic heterocycles. The molecule has 0 fully saturated rings. The van der Waals surface area contributed by atoms with Crippen LogP contribution in [0, 0.1) is 5.82 Å². The van der Waals surface area contributed by atoms with Crippen molar-refractivity contribution in [2.75, 3.05) is 7.11 Å². The summed E-state index contributed by atoms with van der Waals surface area (Å²) in [5, 5.41) is 0. The molecule has 2 aromatic carbocycles. The first-order valence-electron chi connectivity index (χ1n) is 7.30. The van der Waals surface area contributed by atoms with E-state index in [2.05, 4.69) is 0 Å². The third-order valence-electron chi connectivity index (χ3n) is 3.64. The van der Waals surface area contributed by atoms with Gasteiger partial charge in [0.25, 0.3) is 0 Å². The van der Waals surface area contributed by atoms with E-state index in [1.165, 1.54) is 40.8 Å². The van der Waals surface area contributed by atoms with Crippen LogP contribution in [0.1, 0.15) is 5.56 Å². The molecule has 0 saturated heterocycles. The lowest BCUT2D eigenvalue weighted by Gasteiger charge is -2.12. The van der Waals surface area contributed by atoms with Crippen LogP contribution in [0.2, 0.25) is 0 Å². The van der Waals surface area contributed by atoms with Gasteiger partial charge in [0.05, 0.1) is 19.3 Å². The SMILES string of the molecule is COc1ccccc1-n1ccn(Cc2cccc(F)c2)c(=O)c1=O. The first-order valence-corrected chi connectivity index (χ1v) is 7.30. The normalized spacial score (nSPS) is 10.6. The maximum Gasteiger partial charge on any atom is 0.321 e. The molecule has 0 amide bonds. The molecule has 0 atom stereocenters. The Kier molecular flexibility index (Phi) is 4.29. The van der Waals surface area contributed by atoms with Gasteiger partial charge in [-0.3, -0.25) is 14.2 Å². The molecule has 0 aliphatic carbocycles. The van der Waals surface area contributed by atoms with Gasteiger partial charge >= 0.3 is 11.1 Å².